The van der Waals surface area contributed by atoms with Gasteiger partial charge in [-0.2, -0.15) is 0 Å². The molecule has 1 aromatic carbocycles. The van der Waals surface area contributed by atoms with E-state index < -0.39 is 0 Å². The second-order valence-corrected chi connectivity index (χ2v) is 5.56. The minimum atomic E-state index is 0.377. The molecule has 1 heterocycles. The number of aryl methyl sites for hydroxylation is 2. The van der Waals surface area contributed by atoms with Crippen molar-refractivity contribution >= 4 is 12.2 Å². The van der Waals surface area contributed by atoms with Crippen molar-refractivity contribution in [3.63, 3.8) is 0 Å². The van der Waals surface area contributed by atoms with Crippen LogP contribution in [-0.2, 0) is 12.8 Å². The molecule has 1 N–H and O–H groups in total. The molecule has 0 amide bonds. The van der Waals surface area contributed by atoms with E-state index in [1.54, 1.807) is 0 Å². The number of H-pyrrole nitrogens is 1. The van der Waals surface area contributed by atoms with Crippen molar-refractivity contribution in [1.82, 2.24) is 9.97 Å². The Balaban J connectivity index is 2.08. The van der Waals surface area contributed by atoms with E-state index in [4.69, 9.17) is 12.2 Å². The third-order valence-corrected chi connectivity index (χ3v) is 4.40. The minimum Gasteiger partial charge on any atom is -0.347 e. The van der Waals surface area contributed by atoms with Crippen molar-refractivity contribution in [2.24, 2.45) is 0 Å². The van der Waals surface area contributed by atoms with Crippen molar-refractivity contribution in [3.05, 3.63) is 57.1 Å². The molecule has 1 aromatic heterocycles. The summed E-state index contributed by atoms with van der Waals surface area (Å²) in [6.45, 7) is 4.22. The summed E-state index contributed by atoms with van der Waals surface area (Å²) >= 11 is 5.43. The highest BCUT2D eigenvalue weighted by Gasteiger charge is 2.25. The van der Waals surface area contributed by atoms with E-state index in [1.165, 1.54) is 22.4 Å². The van der Waals surface area contributed by atoms with E-state index in [-0.39, 0.29) is 0 Å². The maximum Gasteiger partial charge on any atom is 0.133 e. The average molecular weight is 270 g/mol. The van der Waals surface area contributed by atoms with Crippen molar-refractivity contribution in [2.45, 2.75) is 39.0 Å². The van der Waals surface area contributed by atoms with Gasteiger partial charge in [-0.1, -0.05) is 43.4 Å². The topological polar surface area (TPSA) is 28.7 Å². The lowest BCUT2D eigenvalue weighted by atomic mass is 10.0. The summed E-state index contributed by atoms with van der Waals surface area (Å²) in [6.07, 6.45) is 3.20. The van der Waals surface area contributed by atoms with Crippen LogP contribution in [0.3, 0.4) is 0 Å². The Kier molecular flexibility index (Phi) is 3.23. The first kappa shape index (κ1) is 12.5. The highest BCUT2D eigenvalue weighted by atomic mass is 32.1. The van der Waals surface area contributed by atoms with Crippen LogP contribution in [-0.4, -0.2) is 9.97 Å². The van der Waals surface area contributed by atoms with Gasteiger partial charge in [0.1, 0.15) is 10.5 Å². The van der Waals surface area contributed by atoms with Crippen molar-refractivity contribution < 1.29 is 0 Å². The predicted octanol–water partition coefficient (Wildman–Crippen LogP) is 4.09. The maximum atomic E-state index is 5.43. The van der Waals surface area contributed by atoms with Crippen LogP contribution in [0, 0.1) is 11.6 Å². The highest BCUT2D eigenvalue weighted by Crippen LogP contribution is 2.36. The molecular formula is C16H18N2S. The molecule has 2 nitrogen and oxygen atoms in total. The molecule has 2 aromatic rings. The number of fused-ring (bicyclic) bond motifs is 1. The fourth-order valence-electron chi connectivity index (χ4n) is 3.06. The fourth-order valence-corrected chi connectivity index (χ4v) is 3.45. The van der Waals surface area contributed by atoms with Gasteiger partial charge in [0.2, 0.25) is 0 Å². The van der Waals surface area contributed by atoms with Gasteiger partial charge in [0, 0.05) is 17.2 Å². The molecule has 0 aliphatic heterocycles. The monoisotopic (exact) mass is 270 g/mol. The second kappa shape index (κ2) is 4.89. The van der Waals surface area contributed by atoms with Crippen LogP contribution in [0.25, 0.3) is 0 Å². The zero-order chi connectivity index (χ0) is 13.4. The summed E-state index contributed by atoms with van der Waals surface area (Å²) in [5.41, 5.74) is 5.20. The number of rotatable bonds is 2. The number of nitrogens with one attached hydrogen (secondary N) is 1. The average Bonchev–Trinajstić information content (AvgIpc) is 2.82. The largest absolute Gasteiger partial charge is 0.347 e. The molecule has 0 bridgehead atoms. The van der Waals surface area contributed by atoms with Gasteiger partial charge in [-0.3, -0.25) is 0 Å². The minimum absolute atomic E-state index is 0.377. The molecule has 98 valence electrons. The summed E-state index contributed by atoms with van der Waals surface area (Å²) in [7, 11) is 0. The summed E-state index contributed by atoms with van der Waals surface area (Å²) in [4.78, 5) is 8.12. The molecule has 19 heavy (non-hydrogen) atoms. The number of aromatic amines is 1. The van der Waals surface area contributed by atoms with E-state index in [9.17, 15) is 0 Å². The Morgan fingerprint density at radius 3 is 2.89 bits per heavy atom. The number of nitrogens with zero attached hydrogens (tertiary/aromatic N) is 1. The lowest BCUT2D eigenvalue weighted by Gasteiger charge is -2.14. The van der Waals surface area contributed by atoms with Crippen LogP contribution in [0.2, 0.25) is 0 Å². The Bertz CT molecular complexity index is 673. The summed E-state index contributed by atoms with van der Waals surface area (Å²) < 4.78 is 0.762. The van der Waals surface area contributed by atoms with Gasteiger partial charge >= 0.3 is 0 Å². The first-order chi connectivity index (χ1) is 9.20. The van der Waals surface area contributed by atoms with Gasteiger partial charge in [0.25, 0.3) is 0 Å². The van der Waals surface area contributed by atoms with Crippen LogP contribution in [0.1, 0.15) is 47.5 Å². The van der Waals surface area contributed by atoms with Crippen molar-refractivity contribution in [2.75, 3.05) is 0 Å². The van der Waals surface area contributed by atoms with Crippen LogP contribution < -0.4 is 0 Å². The Hall–Kier alpha value is -1.48. The normalized spacial score (nSPS) is 17.5. The van der Waals surface area contributed by atoms with Gasteiger partial charge in [0.05, 0.1) is 0 Å². The summed E-state index contributed by atoms with van der Waals surface area (Å²) in [5, 5.41) is 0. The first-order valence-electron chi connectivity index (χ1n) is 6.88. The van der Waals surface area contributed by atoms with E-state index in [2.05, 4.69) is 48.1 Å². The second-order valence-electron chi connectivity index (χ2n) is 5.17. The molecular weight excluding hydrogens is 252 g/mol. The Morgan fingerprint density at radius 2 is 2.16 bits per heavy atom. The molecule has 1 unspecified atom stereocenters. The molecule has 3 rings (SSSR count). The van der Waals surface area contributed by atoms with E-state index in [1.807, 2.05) is 0 Å². The van der Waals surface area contributed by atoms with E-state index in [0.717, 1.165) is 29.7 Å². The molecule has 1 atom stereocenters. The first-order valence-corrected chi connectivity index (χ1v) is 7.29. The maximum absolute atomic E-state index is 5.43. The van der Waals surface area contributed by atoms with Crippen molar-refractivity contribution in [3.8, 4) is 0 Å². The Morgan fingerprint density at radius 1 is 1.37 bits per heavy atom. The molecule has 3 heteroatoms. The number of aromatic nitrogens is 2. The van der Waals surface area contributed by atoms with Gasteiger partial charge < -0.3 is 4.98 Å². The van der Waals surface area contributed by atoms with E-state index >= 15 is 0 Å². The third kappa shape index (κ3) is 2.12. The lowest BCUT2D eigenvalue weighted by Crippen LogP contribution is -2.07. The smallest absolute Gasteiger partial charge is 0.133 e. The molecule has 0 spiro atoms. The van der Waals surface area contributed by atoms with Crippen LogP contribution in [0.5, 0.6) is 0 Å². The number of hydrogen-bond donors (Lipinski definition) is 1. The zero-order valence-corrected chi connectivity index (χ0v) is 12.2. The molecule has 0 radical (unpaired) electrons. The number of benzene rings is 1. The number of hydrogen-bond acceptors (Lipinski definition) is 2. The lowest BCUT2D eigenvalue weighted by molar-refractivity contribution is 0.716. The van der Waals surface area contributed by atoms with Crippen LogP contribution in [0.4, 0.5) is 0 Å². The van der Waals surface area contributed by atoms with Crippen LogP contribution in [0.15, 0.2) is 24.3 Å². The standard InChI is InChI=1S/C16H18N2S/c1-3-12-10(2)17-15(18-16(12)19)14-9-8-11-6-4-5-7-13(11)14/h4-7,14H,3,8-9H2,1-2H3,(H,17,18,19). The fraction of sp³-hybridized carbons (Fsp3) is 0.375. The summed E-state index contributed by atoms with van der Waals surface area (Å²) in [6, 6.07) is 8.66. The quantitative estimate of drug-likeness (QED) is 0.833. The molecule has 1 aliphatic rings. The van der Waals surface area contributed by atoms with Gasteiger partial charge in [-0.15, -0.1) is 0 Å². The summed E-state index contributed by atoms with van der Waals surface area (Å²) in [5.74, 6) is 1.41. The van der Waals surface area contributed by atoms with Crippen molar-refractivity contribution in [1.29, 1.82) is 0 Å². The SMILES string of the molecule is CCc1c(C)[nH]c(C2CCc3ccccc32)nc1=S. The molecule has 0 saturated heterocycles. The molecule has 0 saturated carbocycles. The van der Waals surface area contributed by atoms with Crippen LogP contribution >= 0.6 is 12.2 Å². The van der Waals surface area contributed by atoms with Gasteiger partial charge in [-0.25, -0.2) is 4.98 Å². The van der Waals surface area contributed by atoms with Gasteiger partial charge in [0.15, 0.2) is 0 Å². The van der Waals surface area contributed by atoms with E-state index in [0.29, 0.717) is 5.92 Å². The molecule has 0 fully saturated rings. The van der Waals surface area contributed by atoms with Gasteiger partial charge in [-0.05, 0) is 37.3 Å². The zero-order valence-electron chi connectivity index (χ0n) is 11.4. The predicted molar refractivity (Wildman–Crippen MR) is 80.1 cm³/mol. The Labute approximate surface area is 118 Å². The molecule has 1 aliphatic carbocycles. The highest BCUT2D eigenvalue weighted by molar-refractivity contribution is 7.71. The third-order valence-electron chi connectivity index (χ3n) is 4.06.